The van der Waals surface area contributed by atoms with Crippen LogP contribution in [0.5, 0.6) is 11.5 Å². The first kappa shape index (κ1) is 19.3. The summed E-state index contributed by atoms with van der Waals surface area (Å²) in [5.74, 6) is 1.22. The number of thiophene rings is 1. The van der Waals surface area contributed by atoms with Crippen LogP contribution in [-0.2, 0) is 6.61 Å². The molecule has 1 aromatic heterocycles. The topological polar surface area (TPSA) is 47.6 Å². The molecule has 1 amide bonds. The van der Waals surface area contributed by atoms with Crippen LogP contribution in [0.2, 0.25) is 5.02 Å². The summed E-state index contributed by atoms with van der Waals surface area (Å²) in [4.78, 5) is 13.1. The third-order valence-electron chi connectivity index (χ3n) is 3.89. The van der Waals surface area contributed by atoms with Gasteiger partial charge in [0.25, 0.3) is 5.91 Å². The molecule has 0 aliphatic rings. The molecule has 2 aromatic carbocycles. The van der Waals surface area contributed by atoms with Gasteiger partial charge >= 0.3 is 0 Å². The van der Waals surface area contributed by atoms with Crippen LogP contribution in [0.4, 0.5) is 5.69 Å². The molecule has 3 aromatic rings. The van der Waals surface area contributed by atoms with E-state index in [1.54, 1.807) is 25.3 Å². The number of amides is 1. The number of nitrogens with one attached hydrogen (secondary N) is 1. The second-order valence-corrected chi connectivity index (χ2v) is 7.55. The van der Waals surface area contributed by atoms with Gasteiger partial charge in [0.15, 0.2) is 0 Å². The van der Waals surface area contributed by atoms with E-state index in [2.05, 4.69) is 11.4 Å². The molecule has 0 aliphatic carbocycles. The van der Waals surface area contributed by atoms with E-state index in [0.717, 1.165) is 22.4 Å². The van der Waals surface area contributed by atoms with Gasteiger partial charge in [0.1, 0.15) is 18.1 Å². The molecule has 6 heteroatoms. The monoisotopic (exact) mass is 401 g/mol. The number of hydrogen-bond acceptors (Lipinski definition) is 4. The summed E-state index contributed by atoms with van der Waals surface area (Å²) >= 11 is 7.47. The van der Waals surface area contributed by atoms with Crippen molar-refractivity contribution in [1.29, 1.82) is 0 Å². The maximum Gasteiger partial charge on any atom is 0.265 e. The Balaban J connectivity index is 1.62. The van der Waals surface area contributed by atoms with Crippen LogP contribution in [0.15, 0.2) is 47.8 Å². The minimum atomic E-state index is -0.182. The molecular formula is C21H20ClNO3S. The summed E-state index contributed by atoms with van der Waals surface area (Å²) in [5.41, 5.74) is 3.89. The highest BCUT2D eigenvalue weighted by Gasteiger charge is 2.11. The fraction of sp³-hybridized carbons (Fsp3) is 0.190. The highest BCUT2D eigenvalue weighted by molar-refractivity contribution is 7.12. The first-order chi connectivity index (χ1) is 12.9. The van der Waals surface area contributed by atoms with E-state index in [4.69, 9.17) is 21.1 Å². The molecule has 0 fully saturated rings. The van der Waals surface area contributed by atoms with Crippen molar-refractivity contribution in [2.45, 2.75) is 20.5 Å². The van der Waals surface area contributed by atoms with Gasteiger partial charge in [-0.05, 0) is 66.8 Å². The number of methoxy groups -OCH3 is 1. The van der Waals surface area contributed by atoms with Crippen LogP contribution in [0.25, 0.3) is 0 Å². The minimum Gasteiger partial charge on any atom is -0.495 e. The van der Waals surface area contributed by atoms with Crippen molar-refractivity contribution >= 4 is 34.5 Å². The van der Waals surface area contributed by atoms with Gasteiger partial charge in [-0.1, -0.05) is 17.7 Å². The predicted octanol–water partition coefficient (Wildman–Crippen LogP) is 5.86. The number of anilines is 1. The van der Waals surface area contributed by atoms with E-state index in [1.807, 2.05) is 37.4 Å². The van der Waals surface area contributed by atoms with E-state index in [9.17, 15) is 4.79 Å². The molecule has 0 saturated heterocycles. The van der Waals surface area contributed by atoms with Crippen molar-refractivity contribution in [2.24, 2.45) is 0 Å². The molecule has 4 nitrogen and oxygen atoms in total. The van der Waals surface area contributed by atoms with Gasteiger partial charge in [0.05, 0.1) is 17.0 Å². The summed E-state index contributed by atoms with van der Waals surface area (Å²) < 4.78 is 11.0. The summed E-state index contributed by atoms with van der Waals surface area (Å²) in [7, 11) is 1.55. The standard InChI is InChI=1S/C21H20ClNO3S/c1-13-6-14(2)8-17(7-13)26-11-15-9-20(27-12-15)21(24)23-16-4-5-19(25-3)18(22)10-16/h4-10,12H,11H2,1-3H3,(H,23,24). The predicted molar refractivity (Wildman–Crippen MR) is 111 cm³/mol. The maximum atomic E-state index is 12.4. The molecule has 0 bridgehead atoms. The number of benzene rings is 2. The van der Waals surface area contributed by atoms with Gasteiger partial charge in [-0.3, -0.25) is 4.79 Å². The van der Waals surface area contributed by atoms with E-state index in [-0.39, 0.29) is 5.91 Å². The van der Waals surface area contributed by atoms with Gasteiger partial charge in [-0.25, -0.2) is 0 Å². The second-order valence-electron chi connectivity index (χ2n) is 6.23. The van der Waals surface area contributed by atoms with Crippen molar-refractivity contribution in [3.8, 4) is 11.5 Å². The van der Waals surface area contributed by atoms with Gasteiger partial charge in [-0.2, -0.15) is 0 Å². The van der Waals surface area contributed by atoms with E-state index < -0.39 is 0 Å². The molecule has 0 atom stereocenters. The number of rotatable bonds is 6. The van der Waals surface area contributed by atoms with E-state index >= 15 is 0 Å². The molecule has 0 saturated carbocycles. The second kappa shape index (κ2) is 8.46. The Bertz CT molecular complexity index is 948. The van der Waals surface area contributed by atoms with Gasteiger partial charge in [-0.15, -0.1) is 11.3 Å². The normalized spacial score (nSPS) is 10.5. The average Bonchev–Trinajstić information content (AvgIpc) is 3.08. The van der Waals surface area contributed by atoms with Crippen molar-refractivity contribution in [3.05, 3.63) is 74.4 Å². The fourth-order valence-electron chi connectivity index (χ4n) is 2.69. The molecule has 0 spiro atoms. The molecular weight excluding hydrogens is 382 g/mol. The fourth-order valence-corrected chi connectivity index (χ4v) is 3.74. The number of hydrogen-bond donors (Lipinski definition) is 1. The van der Waals surface area contributed by atoms with Crippen molar-refractivity contribution in [3.63, 3.8) is 0 Å². The Labute approximate surface area is 167 Å². The Morgan fingerprint density at radius 1 is 1.11 bits per heavy atom. The van der Waals surface area contributed by atoms with Crippen molar-refractivity contribution in [1.82, 2.24) is 0 Å². The van der Waals surface area contributed by atoms with Crippen LogP contribution in [-0.4, -0.2) is 13.0 Å². The Hall–Kier alpha value is -2.50. The van der Waals surface area contributed by atoms with E-state index in [0.29, 0.717) is 27.9 Å². The lowest BCUT2D eigenvalue weighted by Gasteiger charge is -2.07. The number of ether oxygens (including phenoxy) is 2. The average molecular weight is 402 g/mol. The zero-order valence-corrected chi connectivity index (χ0v) is 16.9. The van der Waals surface area contributed by atoms with Crippen LogP contribution in [0.3, 0.4) is 0 Å². The SMILES string of the molecule is COc1ccc(NC(=O)c2cc(COc3cc(C)cc(C)c3)cs2)cc1Cl. The number of carbonyl (C=O) groups excluding carboxylic acids is 1. The lowest BCUT2D eigenvalue weighted by molar-refractivity contribution is 0.103. The van der Waals surface area contributed by atoms with Crippen molar-refractivity contribution < 1.29 is 14.3 Å². The molecule has 3 rings (SSSR count). The quantitative estimate of drug-likeness (QED) is 0.562. The minimum absolute atomic E-state index is 0.182. The third kappa shape index (κ3) is 5.02. The lowest BCUT2D eigenvalue weighted by atomic mass is 10.1. The van der Waals surface area contributed by atoms with Crippen molar-refractivity contribution in [2.75, 3.05) is 12.4 Å². The van der Waals surface area contributed by atoms with Crippen LogP contribution >= 0.6 is 22.9 Å². The zero-order valence-electron chi connectivity index (χ0n) is 15.3. The highest BCUT2D eigenvalue weighted by Crippen LogP contribution is 2.28. The Kier molecular flexibility index (Phi) is 6.04. The van der Waals surface area contributed by atoms with Gasteiger partial charge in [0, 0.05) is 11.3 Å². The highest BCUT2D eigenvalue weighted by atomic mass is 35.5. The van der Waals surface area contributed by atoms with Gasteiger partial charge < -0.3 is 14.8 Å². The first-order valence-electron chi connectivity index (χ1n) is 8.38. The molecule has 0 aliphatic heterocycles. The molecule has 0 radical (unpaired) electrons. The lowest BCUT2D eigenvalue weighted by Crippen LogP contribution is -2.10. The summed E-state index contributed by atoms with van der Waals surface area (Å²) in [6.07, 6.45) is 0. The molecule has 1 N–H and O–H groups in total. The summed E-state index contributed by atoms with van der Waals surface area (Å²) in [5, 5.41) is 5.22. The van der Waals surface area contributed by atoms with Gasteiger partial charge in [0.2, 0.25) is 0 Å². The largest absolute Gasteiger partial charge is 0.495 e. The molecule has 1 heterocycles. The van der Waals surface area contributed by atoms with E-state index in [1.165, 1.54) is 11.3 Å². The Morgan fingerprint density at radius 3 is 2.52 bits per heavy atom. The molecule has 0 unspecified atom stereocenters. The zero-order chi connectivity index (χ0) is 19.4. The van der Waals surface area contributed by atoms with Crippen LogP contribution < -0.4 is 14.8 Å². The Morgan fingerprint density at radius 2 is 1.85 bits per heavy atom. The molecule has 140 valence electrons. The number of aryl methyl sites for hydroxylation is 2. The van der Waals surface area contributed by atoms with Crippen LogP contribution in [0, 0.1) is 13.8 Å². The summed E-state index contributed by atoms with van der Waals surface area (Å²) in [6, 6.07) is 13.1. The number of halogens is 1. The number of carbonyl (C=O) groups is 1. The third-order valence-corrected chi connectivity index (χ3v) is 5.16. The van der Waals surface area contributed by atoms with Crippen LogP contribution in [0.1, 0.15) is 26.4 Å². The maximum absolute atomic E-state index is 12.4. The first-order valence-corrected chi connectivity index (χ1v) is 9.64. The smallest absolute Gasteiger partial charge is 0.265 e. The summed E-state index contributed by atoms with van der Waals surface area (Å²) in [6.45, 7) is 4.50. The molecule has 27 heavy (non-hydrogen) atoms.